The van der Waals surface area contributed by atoms with Crippen LogP contribution in [0.15, 0.2) is 17.6 Å². The van der Waals surface area contributed by atoms with Crippen molar-refractivity contribution in [2.75, 3.05) is 24.7 Å². The molecule has 2 fully saturated rings. The Labute approximate surface area is 183 Å². The van der Waals surface area contributed by atoms with Crippen LogP contribution < -0.4 is 5.46 Å². The van der Waals surface area contributed by atoms with E-state index in [4.69, 9.17) is 20.9 Å². The van der Waals surface area contributed by atoms with Crippen molar-refractivity contribution in [1.82, 2.24) is 14.9 Å². The second-order valence-electron chi connectivity index (χ2n) is 8.86. The fourth-order valence-corrected chi connectivity index (χ4v) is 4.57. The second kappa shape index (κ2) is 9.54. The Hall–Kier alpha value is -0.825. The van der Waals surface area contributed by atoms with E-state index in [-0.39, 0.29) is 23.0 Å². The zero-order chi connectivity index (χ0) is 21.1. The molecule has 0 N–H and O–H groups in total. The largest absolute Gasteiger partial charge is 0.498 e. The van der Waals surface area contributed by atoms with Crippen LogP contribution in [-0.4, -0.2) is 63.8 Å². The first-order chi connectivity index (χ1) is 13.7. The highest BCUT2D eigenvalue weighted by Gasteiger charge is 2.51. The lowest BCUT2D eigenvalue weighted by Gasteiger charge is -2.32. The molecule has 0 aliphatic carbocycles. The molecule has 3 rings (SSSR count). The van der Waals surface area contributed by atoms with Crippen LogP contribution in [0.5, 0.6) is 0 Å². The fourth-order valence-electron chi connectivity index (χ4n) is 3.65. The molecule has 29 heavy (non-hydrogen) atoms. The summed E-state index contributed by atoms with van der Waals surface area (Å²) in [5.74, 6) is 1.68. The first-order valence-corrected chi connectivity index (χ1v) is 11.9. The van der Waals surface area contributed by atoms with Crippen molar-refractivity contribution < 1.29 is 14.1 Å². The maximum Gasteiger partial charge on any atom is 0.498 e. The lowest BCUT2D eigenvalue weighted by atomic mass is 9.81. The van der Waals surface area contributed by atoms with Gasteiger partial charge in [0.15, 0.2) is 5.16 Å². The van der Waals surface area contributed by atoms with Crippen molar-refractivity contribution in [2.45, 2.75) is 69.7 Å². The minimum Gasteiger partial charge on any atom is -0.399 e. The Morgan fingerprint density at radius 3 is 2.55 bits per heavy atom. The van der Waals surface area contributed by atoms with Gasteiger partial charge in [-0.2, -0.15) is 0 Å². The summed E-state index contributed by atoms with van der Waals surface area (Å²) in [5.41, 5.74) is 0.113. The van der Waals surface area contributed by atoms with Gasteiger partial charge in [-0.3, -0.25) is 4.79 Å². The van der Waals surface area contributed by atoms with Gasteiger partial charge < -0.3 is 14.2 Å². The van der Waals surface area contributed by atoms with Crippen LogP contribution in [0.1, 0.15) is 53.4 Å². The zero-order valence-corrected chi connectivity index (χ0v) is 19.4. The van der Waals surface area contributed by atoms with Gasteiger partial charge in [0.2, 0.25) is 5.91 Å². The first kappa shape index (κ1) is 22.9. The number of halogens is 1. The number of likely N-dealkylation sites (tertiary alicyclic amines) is 1. The van der Waals surface area contributed by atoms with Gasteiger partial charge in [0, 0.05) is 36.7 Å². The normalized spacial score (nSPS) is 23.4. The van der Waals surface area contributed by atoms with E-state index in [9.17, 15) is 4.79 Å². The smallest absolute Gasteiger partial charge is 0.399 e. The molecular formula is C20H31BClN3O3S. The van der Waals surface area contributed by atoms with Crippen LogP contribution >= 0.6 is 23.4 Å². The van der Waals surface area contributed by atoms with Crippen LogP contribution in [0.25, 0.3) is 0 Å². The fraction of sp³-hybridized carbons (Fsp3) is 0.750. The van der Waals surface area contributed by atoms with Gasteiger partial charge in [-0.1, -0.05) is 11.8 Å². The number of piperidine rings is 1. The Morgan fingerprint density at radius 1 is 1.28 bits per heavy atom. The molecule has 0 radical (unpaired) electrons. The molecule has 160 valence electrons. The molecule has 3 heterocycles. The van der Waals surface area contributed by atoms with E-state index in [2.05, 4.69) is 9.97 Å². The number of carbonyl (C=O) groups is 1. The summed E-state index contributed by atoms with van der Waals surface area (Å²) < 4.78 is 12.1. The molecule has 2 saturated heterocycles. The van der Waals surface area contributed by atoms with E-state index < -0.39 is 7.12 Å². The number of amides is 1. The molecular weight excluding hydrogens is 409 g/mol. The third kappa shape index (κ3) is 5.66. The van der Waals surface area contributed by atoms with Crippen molar-refractivity contribution in [3.8, 4) is 0 Å². The summed E-state index contributed by atoms with van der Waals surface area (Å²) in [7, 11) is -0.427. The van der Waals surface area contributed by atoms with E-state index in [0.717, 1.165) is 48.7 Å². The average Bonchev–Trinajstić information content (AvgIpc) is 2.92. The average molecular weight is 440 g/mol. The highest BCUT2D eigenvalue weighted by Crippen LogP contribution is 2.36. The molecule has 2 aliphatic heterocycles. The lowest BCUT2D eigenvalue weighted by Crippen LogP contribution is -2.41. The third-order valence-electron chi connectivity index (χ3n) is 6.15. The maximum atomic E-state index is 11.8. The molecule has 1 unspecified atom stereocenters. The van der Waals surface area contributed by atoms with Gasteiger partial charge in [0.1, 0.15) is 5.88 Å². The molecule has 2 aliphatic rings. The van der Waals surface area contributed by atoms with Gasteiger partial charge in [-0.05, 0) is 59.3 Å². The van der Waals surface area contributed by atoms with Crippen LogP contribution in [-0.2, 0) is 14.1 Å². The predicted octanol–water partition coefficient (Wildman–Crippen LogP) is 3.13. The highest BCUT2D eigenvalue weighted by atomic mass is 35.5. The summed E-state index contributed by atoms with van der Waals surface area (Å²) in [5, 5.41) is 0.771. The van der Waals surface area contributed by atoms with Crippen molar-refractivity contribution >= 4 is 41.9 Å². The maximum absolute atomic E-state index is 11.8. The molecule has 0 saturated carbocycles. The monoisotopic (exact) mass is 439 g/mol. The Bertz CT molecular complexity index is 689. The quantitative estimate of drug-likeness (QED) is 0.214. The summed E-state index contributed by atoms with van der Waals surface area (Å²) in [6, 6.07) is 0. The van der Waals surface area contributed by atoms with E-state index in [1.807, 2.05) is 32.6 Å². The molecule has 0 spiro atoms. The molecule has 1 atom stereocenters. The summed E-state index contributed by atoms with van der Waals surface area (Å²) in [4.78, 5) is 22.6. The zero-order valence-electron chi connectivity index (χ0n) is 17.8. The number of thioether (sulfide) groups is 1. The Kier molecular flexibility index (Phi) is 7.52. The Morgan fingerprint density at radius 2 is 1.93 bits per heavy atom. The molecule has 0 bridgehead atoms. The van der Waals surface area contributed by atoms with Crippen LogP contribution in [0.4, 0.5) is 0 Å². The van der Waals surface area contributed by atoms with E-state index in [1.165, 1.54) is 6.42 Å². The molecule has 6 nitrogen and oxygen atoms in total. The Balaban J connectivity index is 1.41. The van der Waals surface area contributed by atoms with E-state index in [0.29, 0.717) is 5.92 Å². The van der Waals surface area contributed by atoms with Crippen molar-refractivity contribution in [3.63, 3.8) is 0 Å². The molecule has 1 aromatic heterocycles. The van der Waals surface area contributed by atoms with Crippen molar-refractivity contribution in [3.05, 3.63) is 12.4 Å². The van der Waals surface area contributed by atoms with E-state index >= 15 is 0 Å². The molecule has 1 aromatic rings. The number of aromatic nitrogens is 2. The summed E-state index contributed by atoms with van der Waals surface area (Å²) >= 11 is 7.35. The minimum atomic E-state index is -0.427. The van der Waals surface area contributed by atoms with Gasteiger partial charge in [0.25, 0.3) is 0 Å². The molecule has 0 aromatic carbocycles. The SMILES string of the molecule is CC1(C)OB(c2cnc(SCCCC3CCCN(C(=O)CCl)C3)nc2)OC1(C)C. The topological polar surface area (TPSA) is 64.5 Å². The summed E-state index contributed by atoms with van der Waals surface area (Å²) in [6.45, 7) is 9.84. The minimum absolute atomic E-state index is 0.0567. The van der Waals surface area contributed by atoms with Crippen LogP contribution in [0.2, 0.25) is 0 Å². The third-order valence-corrected chi connectivity index (χ3v) is 7.34. The lowest BCUT2D eigenvalue weighted by molar-refractivity contribution is -0.130. The summed E-state index contributed by atoms with van der Waals surface area (Å²) in [6.07, 6.45) is 8.06. The van der Waals surface area contributed by atoms with Crippen molar-refractivity contribution in [1.29, 1.82) is 0 Å². The van der Waals surface area contributed by atoms with Gasteiger partial charge in [0.05, 0.1) is 11.2 Å². The van der Waals surface area contributed by atoms with Crippen molar-refractivity contribution in [2.24, 2.45) is 5.92 Å². The standard InChI is InChI=1S/C20H31BClN3O3S/c1-19(2)20(3,4)28-21(27-19)16-12-23-18(24-13-16)29-10-6-8-15-7-5-9-25(14-15)17(26)11-22/h12-13,15H,5-11,14H2,1-4H3. The number of hydrogen-bond acceptors (Lipinski definition) is 6. The van der Waals surface area contributed by atoms with Gasteiger partial charge in [-0.15, -0.1) is 11.6 Å². The highest BCUT2D eigenvalue weighted by molar-refractivity contribution is 7.99. The number of hydrogen-bond donors (Lipinski definition) is 0. The number of alkyl halides is 1. The molecule has 1 amide bonds. The number of carbonyl (C=O) groups excluding carboxylic acids is 1. The number of rotatable bonds is 7. The van der Waals surface area contributed by atoms with Gasteiger partial charge >= 0.3 is 7.12 Å². The molecule has 9 heteroatoms. The van der Waals surface area contributed by atoms with Gasteiger partial charge in [-0.25, -0.2) is 9.97 Å². The second-order valence-corrected chi connectivity index (χ2v) is 10.2. The van der Waals surface area contributed by atoms with Crippen LogP contribution in [0, 0.1) is 5.92 Å². The van der Waals surface area contributed by atoms with Crippen LogP contribution in [0.3, 0.4) is 0 Å². The predicted molar refractivity (Wildman–Crippen MR) is 118 cm³/mol. The first-order valence-electron chi connectivity index (χ1n) is 10.4. The number of nitrogens with zero attached hydrogens (tertiary/aromatic N) is 3. The van der Waals surface area contributed by atoms with E-state index in [1.54, 1.807) is 24.2 Å².